The zero-order chi connectivity index (χ0) is 15.3. The summed E-state index contributed by atoms with van der Waals surface area (Å²) in [7, 11) is 0. The van der Waals surface area contributed by atoms with Crippen molar-refractivity contribution in [2.24, 2.45) is 0 Å². The minimum absolute atomic E-state index is 0.0244. The summed E-state index contributed by atoms with van der Waals surface area (Å²) in [4.78, 5) is 4.14. The lowest BCUT2D eigenvalue weighted by molar-refractivity contribution is -0.174. The van der Waals surface area contributed by atoms with Crippen LogP contribution in [0, 0.1) is 0 Å². The molecule has 8 heteroatoms. The number of ether oxygens (including phenoxy) is 1. The van der Waals surface area contributed by atoms with Crippen molar-refractivity contribution < 1.29 is 17.9 Å². The summed E-state index contributed by atoms with van der Waals surface area (Å²) in [6.07, 6.45) is -2.31. The maximum absolute atomic E-state index is 11.9. The lowest BCUT2D eigenvalue weighted by atomic mass is 10.2. The van der Waals surface area contributed by atoms with Crippen molar-refractivity contribution in [3.8, 4) is 11.4 Å². The first-order valence-electron chi connectivity index (χ1n) is 6.34. The molecule has 0 saturated heterocycles. The number of aryl methyl sites for hydroxylation is 1. The lowest BCUT2D eigenvalue weighted by Gasteiger charge is -2.07. The normalized spacial score (nSPS) is 11.8. The molecular weight excluding hydrogens is 285 g/mol. The molecule has 0 atom stereocenters. The molecule has 2 aromatic rings. The number of anilines is 1. The van der Waals surface area contributed by atoms with Crippen molar-refractivity contribution >= 4 is 5.69 Å². The van der Waals surface area contributed by atoms with E-state index in [1.807, 2.05) is 0 Å². The van der Waals surface area contributed by atoms with Gasteiger partial charge in [0.1, 0.15) is 12.9 Å². The van der Waals surface area contributed by atoms with E-state index in [-0.39, 0.29) is 6.61 Å². The fraction of sp³-hybridized carbons (Fsp3) is 0.385. The highest BCUT2D eigenvalue weighted by molar-refractivity contribution is 5.57. The first kappa shape index (κ1) is 15.3. The Balaban J connectivity index is 1.79. The Hall–Kier alpha value is -2.09. The smallest absolute Gasteiger partial charge is 0.399 e. The fourth-order valence-corrected chi connectivity index (χ4v) is 1.68. The van der Waals surface area contributed by atoms with Gasteiger partial charge in [-0.3, -0.25) is 4.68 Å². The Kier molecular flexibility index (Phi) is 4.79. The molecule has 0 aliphatic rings. The molecule has 0 aliphatic heterocycles. The van der Waals surface area contributed by atoms with E-state index in [9.17, 15) is 13.2 Å². The van der Waals surface area contributed by atoms with Crippen LogP contribution in [0.15, 0.2) is 30.6 Å². The molecule has 0 fully saturated rings. The number of alkyl halides is 3. The zero-order valence-corrected chi connectivity index (χ0v) is 11.2. The van der Waals surface area contributed by atoms with Crippen molar-refractivity contribution in [1.82, 2.24) is 14.8 Å². The predicted octanol–water partition coefficient (Wildman–Crippen LogP) is 2.50. The molecule has 2 N–H and O–H groups in total. The number of aromatic nitrogens is 3. The standard InChI is InChI=1S/C13H15F3N4O/c14-13(15,16)8-21-7-1-6-20-9-18-12(19-20)10-2-4-11(17)5-3-10/h2-5,9H,1,6-8,17H2. The van der Waals surface area contributed by atoms with E-state index in [0.717, 1.165) is 5.56 Å². The van der Waals surface area contributed by atoms with Crippen LogP contribution in [0.3, 0.4) is 0 Å². The monoisotopic (exact) mass is 300 g/mol. The van der Waals surface area contributed by atoms with Crippen LogP contribution in [0.25, 0.3) is 11.4 Å². The molecule has 1 aromatic heterocycles. The highest BCUT2D eigenvalue weighted by Crippen LogP contribution is 2.16. The van der Waals surface area contributed by atoms with E-state index < -0.39 is 12.8 Å². The van der Waals surface area contributed by atoms with Crippen LogP contribution in [0.1, 0.15) is 6.42 Å². The Morgan fingerprint density at radius 2 is 1.90 bits per heavy atom. The quantitative estimate of drug-likeness (QED) is 0.657. The van der Waals surface area contributed by atoms with E-state index in [1.165, 1.54) is 6.33 Å². The Morgan fingerprint density at radius 3 is 2.57 bits per heavy atom. The van der Waals surface area contributed by atoms with Crippen molar-refractivity contribution in [2.45, 2.75) is 19.1 Å². The average Bonchev–Trinajstić information content (AvgIpc) is 2.87. The maximum atomic E-state index is 11.9. The summed E-state index contributed by atoms with van der Waals surface area (Å²) in [5.41, 5.74) is 7.08. The minimum atomic E-state index is -4.28. The third kappa shape index (κ3) is 5.07. The lowest BCUT2D eigenvalue weighted by Crippen LogP contribution is -2.17. The van der Waals surface area contributed by atoms with Gasteiger partial charge >= 0.3 is 6.18 Å². The molecule has 0 spiro atoms. The summed E-state index contributed by atoms with van der Waals surface area (Å²) < 4.78 is 41.7. The molecule has 0 bridgehead atoms. The molecule has 0 radical (unpaired) electrons. The minimum Gasteiger partial charge on any atom is -0.399 e. The number of benzene rings is 1. The van der Waals surface area contributed by atoms with Gasteiger partial charge in [-0.25, -0.2) is 4.98 Å². The molecular formula is C13H15F3N4O. The van der Waals surface area contributed by atoms with Crippen molar-refractivity contribution in [3.05, 3.63) is 30.6 Å². The zero-order valence-electron chi connectivity index (χ0n) is 11.2. The number of rotatable bonds is 6. The number of nitrogens with two attached hydrogens (primary N) is 1. The molecule has 1 heterocycles. The van der Waals surface area contributed by atoms with Crippen LogP contribution in [-0.4, -0.2) is 34.2 Å². The summed E-state index contributed by atoms with van der Waals surface area (Å²) in [5, 5.41) is 4.24. The van der Waals surface area contributed by atoms with Crippen molar-refractivity contribution in [1.29, 1.82) is 0 Å². The molecule has 2 rings (SSSR count). The molecule has 21 heavy (non-hydrogen) atoms. The van der Waals surface area contributed by atoms with Crippen LogP contribution in [0.5, 0.6) is 0 Å². The molecule has 0 unspecified atom stereocenters. The van der Waals surface area contributed by atoms with Crippen LogP contribution in [-0.2, 0) is 11.3 Å². The molecule has 0 aliphatic carbocycles. The second-order valence-electron chi connectivity index (χ2n) is 4.47. The SMILES string of the molecule is Nc1ccc(-c2ncn(CCCOCC(F)(F)F)n2)cc1. The van der Waals surface area contributed by atoms with Crippen LogP contribution < -0.4 is 5.73 Å². The second kappa shape index (κ2) is 6.57. The van der Waals surface area contributed by atoms with Crippen LogP contribution in [0.2, 0.25) is 0 Å². The van der Waals surface area contributed by atoms with Gasteiger partial charge < -0.3 is 10.5 Å². The first-order chi connectivity index (χ1) is 9.94. The Bertz CT molecular complexity index is 566. The van der Waals surface area contributed by atoms with E-state index >= 15 is 0 Å². The summed E-state index contributed by atoms with van der Waals surface area (Å²) >= 11 is 0. The van der Waals surface area contributed by atoms with Gasteiger partial charge in [-0.2, -0.15) is 18.3 Å². The number of hydrogen-bond acceptors (Lipinski definition) is 4. The summed E-state index contributed by atoms with van der Waals surface area (Å²) in [5.74, 6) is 0.547. The molecule has 1 aromatic carbocycles. The van der Waals surface area contributed by atoms with E-state index in [4.69, 9.17) is 5.73 Å². The third-order valence-corrected chi connectivity index (χ3v) is 2.65. The van der Waals surface area contributed by atoms with Gasteiger partial charge in [0.15, 0.2) is 5.82 Å². The maximum Gasteiger partial charge on any atom is 0.411 e. The number of hydrogen-bond donors (Lipinski definition) is 1. The average molecular weight is 300 g/mol. The fourth-order valence-electron chi connectivity index (χ4n) is 1.68. The number of halogens is 3. The van der Waals surface area contributed by atoms with Crippen molar-refractivity contribution in [2.75, 3.05) is 18.9 Å². The van der Waals surface area contributed by atoms with Gasteiger partial charge in [0.05, 0.1) is 0 Å². The van der Waals surface area contributed by atoms with Crippen LogP contribution >= 0.6 is 0 Å². The van der Waals surface area contributed by atoms with Gasteiger partial charge in [0.25, 0.3) is 0 Å². The van der Waals surface area contributed by atoms with E-state index in [1.54, 1.807) is 28.9 Å². The third-order valence-electron chi connectivity index (χ3n) is 2.65. The predicted molar refractivity (Wildman–Crippen MR) is 71.4 cm³/mol. The molecule has 0 amide bonds. The van der Waals surface area contributed by atoms with Crippen molar-refractivity contribution in [3.63, 3.8) is 0 Å². The largest absolute Gasteiger partial charge is 0.411 e. The first-order valence-corrected chi connectivity index (χ1v) is 6.34. The second-order valence-corrected chi connectivity index (χ2v) is 4.47. The van der Waals surface area contributed by atoms with Gasteiger partial charge in [0, 0.05) is 24.4 Å². The Labute approximate surface area is 119 Å². The topological polar surface area (TPSA) is 66.0 Å². The van der Waals surface area contributed by atoms with Gasteiger partial charge in [-0.1, -0.05) is 0 Å². The van der Waals surface area contributed by atoms with Gasteiger partial charge in [-0.05, 0) is 30.7 Å². The summed E-state index contributed by atoms with van der Waals surface area (Å²) in [6.45, 7) is -0.753. The molecule has 0 saturated carbocycles. The highest BCUT2D eigenvalue weighted by Gasteiger charge is 2.27. The van der Waals surface area contributed by atoms with E-state index in [0.29, 0.717) is 24.5 Å². The van der Waals surface area contributed by atoms with E-state index in [2.05, 4.69) is 14.8 Å². The summed E-state index contributed by atoms with van der Waals surface area (Å²) in [6, 6.07) is 7.12. The van der Waals surface area contributed by atoms with Crippen LogP contribution in [0.4, 0.5) is 18.9 Å². The van der Waals surface area contributed by atoms with Gasteiger partial charge in [-0.15, -0.1) is 0 Å². The Morgan fingerprint density at radius 1 is 1.19 bits per heavy atom. The highest BCUT2D eigenvalue weighted by atomic mass is 19.4. The molecule has 5 nitrogen and oxygen atoms in total. The number of nitrogen functional groups attached to an aromatic ring is 1. The number of nitrogens with zero attached hydrogens (tertiary/aromatic N) is 3. The van der Waals surface area contributed by atoms with Gasteiger partial charge in [0.2, 0.25) is 0 Å². The molecule has 114 valence electrons.